The van der Waals surface area contributed by atoms with Crippen molar-refractivity contribution in [2.45, 2.75) is 6.04 Å². The molecule has 82 valence electrons. The van der Waals surface area contributed by atoms with Gasteiger partial charge in [-0.2, -0.15) is 0 Å². The van der Waals surface area contributed by atoms with Crippen LogP contribution in [0.4, 0.5) is 13.2 Å². The van der Waals surface area contributed by atoms with E-state index in [0.29, 0.717) is 12.1 Å². The molecular formula is C9H8F3NO2. The highest BCUT2D eigenvalue weighted by Gasteiger charge is 2.24. The van der Waals surface area contributed by atoms with Gasteiger partial charge in [0.25, 0.3) is 0 Å². The van der Waals surface area contributed by atoms with Crippen LogP contribution in [0.3, 0.4) is 0 Å². The maximum atomic E-state index is 13.1. The summed E-state index contributed by atoms with van der Waals surface area (Å²) < 4.78 is 42.9. The third-order valence-corrected chi connectivity index (χ3v) is 1.81. The Kier molecular flexibility index (Phi) is 3.31. The third kappa shape index (κ3) is 2.27. The van der Waals surface area contributed by atoms with Crippen molar-refractivity contribution in [1.82, 2.24) is 0 Å². The molecule has 0 aliphatic rings. The Morgan fingerprint density at radius 3 is 2.20 bits per heavy atom. The van der Waals surface area contributed by atoms with E-state index in [9.17, 15) is 18.0 Å². The lowest BCUT2D eigenvalue weighted by Crippen LogP contribution is -2.25. The highest BCUT2D eigenvalue weighted by atomic mass is 19.1. The van der Waals surface area contributed by atoms with Gasteiger partial charge in [-0.05, 0) is 0 Å². The van der Waals surface area contributed by atoms with Gasteiger partial charge in [-0.1, -0.05) is 0 Å². The summed E-state index contributed by atoms with van der Waals surface area (Å²) in [5.74, 6) is -4.51. The lowest BCUT2D eigenvalue weighted by molar-refractivity contribution is -0.142. The van der Waals surface area contributed by atoms with Crippen LogP contribution in [-0.4, -0.2) is 13.1 Å². The minimum atomic E-state index is -1.60. The van der Waals surface area contributed by atoms with Crippen LogP contribution < -0.4 is 5.73 Å². The second-order valence-corrected chi connectivity index (χ2v) is 2.78. The Bertz CT molecular complexity index is 372. The molecule has 0 aliphatic carbocycles. The average Bonchev–Trinajstić information content (AvgIpc) is 2.14. The third-order valence-electron chi connectivity index (χ3n) is 1.81. The number of hydrogen-bond acceptors (Lipinski definition) is 3. The summed E-state index contributed by atoms with van der Waals surface area (Å²) in [7, 11) is 1.03. The van der Waals surface area contributed by atoms with Gasteiger partial charge in [-0.15, -0.1) is 0 Å². The molecule has 1 aromatic rings. The van der Waals surface area contributed by atoms with E-state index in [-0.39, 0.29) is 0 Å². The summed E-state index contributed by atoms with van der Waals surface area (Å²) in [5.41, 5.74) is 4.52. The summed E-state index contributed by atoms with van der Waals surface area (Å²) in [5, 5.41) is 0. The Labute approximate surface area is 83.6 Å². The van der Waals surface area contributed by atoms with Gasteiger partial charge in [0.05, 0.1) is 12.7 Å². The molecule has 0 amide bonds. The van der Waals surface area contributed by atoms with Crippen LogP contribution in [0.2, 0.25) is 0 Å². The molecule has 0 radical (unpaired) electrons. The molecule has 3 nitrogen and oxygen atoms in total. The van der Waals surface area contributed by atoms with Gasteiger partial charge in [-0.25, -0.2) is 13.2 Å². The molecule has 1 atom stereocenters. The van der Waals surface area contributed by atoms with Gasteiger partial charge in [0.1, 0.15) is 23.5 Å². The Balaban J connectivity index is 3.19. The molecule has 1 aromatic carbocycles. The number of benzene rings is 1. The number of rotatable bonds is 2. The normalized spacial score (nSPS) is 12.3. The van der Waals surface area contributed by atoms with Crippen molar-refractivity contribution in [2.75, 3.05) is 7.11 Å². The zero-order valence-corrected chi connectivity index (χ0v) is 7.76. The lowest BCUT2D eigenvalue weighted by atomic mass is 10.1. The molecule has 0 saturated heterocycles. The largest absolute Gasteiger partial charge is 0.468 e. The van der Waals surface area contributed by atoms with E-state index in [2.05, 4.69) is 4.74 Å². The SMILES string of the molecule is COC(=O)[C@@H](N)c1c(F)cc(F)cc1F. The minimum Gasteiger partial charge on any atom is -0.468 e. The van der Waals surface area contributed by atoms with E-state index in [1.165, 1.54) is 0 Å². The monoisotopic (exact) mass is 219 g/mol. The van der Waals surface area contributed by atoms with Gasteiger partial charge in [0.2, 0.25) is 0 Å². The highest BCUT2D eigenvalue weighted by Crippen LogP contribution is 2.21. The van der Waals surface area contributed by atoms with Crippen LogP contribution in [-0.2, 0) is 9.53 Å². The topological polar surface area (TPSA) is 52.3 Å². The Morgan fingerprint density at radius 1 is 1.33 bits per heavy atom. The van der Waals surface area contributed by atoms with Crippen molar-refractivity contribution < 1.29 is 22.7 Å². The van der Waals surface area contributed by atoms with Crippen LogP contribution in [0.15, 0.2) is 12.1 Å². The van der Waals surface area contributed by atoms with Gasteiger partial charge >= 0.3 is 5.97 Å². The summed E-state index contributed by atoms with van der Waals surface area (Å²) in [6.07, 6.45) is 0. The predicted octanol–water partition coefficient (Wildman–Crippen LogP) is 1.28. The lowest BCUT2D eigenvalue weighted by Gasteiger charge is -2.11. The molecule has 0 saturated carbocycles. The second kappa shape index (κ2) is 4.31. The quantitative estimate of drug-likeness (QED) is 0.762. The van der Waals surface area contributed by atoms with Crippen molar-refractivity contribution in [3.8, 4) is 0 Å². The molecule has 0 aromatic heterocycles. The predicted molar refractivity (Wildman–Crippen MR) is 45.3 cm³/mol. The number of nitrogens with two attached hydrogens (primary N) is 1. The van der Waals surface area contributed by atoms with Crippen LogP contribution in [0, 0.1) is 17.5 Å². The smallest absolute Gasteiger partial charge is 0.327 e. The molecule has 0 spiro atoms. The number of carbonyl (C=O) groups is 1. The molecule has 2 N–H and O–H groups in total. The minimum absolute atomic E-state index is 0.446. The van der Waals surface area contributed by atoms with E-state index >= 15 is 0 Å². The summed E-state index contributed by atoms with van der Waals surface area (Å²) in [6, 6.07) is -0.710. The number of ether oxygens (including phenoxy) is 1. The molecule has 0 unspecified atom stereocenters. The number of esters is 1. The maximum absolute atomic E-state index is 13.1. The number of methoxy groups -OCH3 is 1. The first-order valence-corrected chi connectivity index (χ1v) is 3.95. The second-order valence-electron chi connectivity index (χ2n) is 2.78. The number of halogens is 3. The molecule has 0 heterocycles. The fraction of sp³-hybridized carbons (Fsp3) is 0.222. The standard InChI is InChI=1S/C9H8F3NO2/c1-15-9(14)8(13)7-5(11)2-4(10)3-6(7)12/h2-3,8H,13H2,1H3/t8-/m0/s1. The highest BCUT2D eigenvalue weighted by molar-refractivity contribution is 5.77. The van der Waals surface area contributed by atoms with Crippen molar-refractivity contribution in [3.63, 3.8) is 0 Å². The molecule has 1 rings (SSSR count). The van der Waals surface area contributed by atoms with E-state index in [0.717, 1.165) is 7.11 Å². The fourth-order valence-corrected chi connectivity index (χ4v) is 1.10. The average molecular weight is 219 g/mol. The van der Waals surface area contributed by atoms with Crippen LogP contribution >= 0.6 is 0 Å². The van der Waals surface area contributed by atoms with Crippen LogP contribution in [0.1, 0.15) is 11.6 Å². The summed E-state index contributed by atoms with van der Waals surface area (Å²) in [6.45, 7) is 0. The first kappa shape index (κ1) is 11.5. The van der Waals surface area contributed by atoms with E-state index in [1.807, 2.05) is 0 Å². The van der Waals surface area contributed by atoms with E-state index in [1.54, 1.807) is 0 Å². The van der Waals surface area contributed by atoms with Crippen LogP contribution in [0.25, 0.3) is 0 Å². The van der Waals surface area contributed by atoms with E-state index in [4.69, 9.17) is 5.73 Å². The molecule has 0 aliphatic heterocycles. The summed E-state index contributed by atoms with van der Waals surface area (Å²) in [4.78, 5) is 10.9. The molecular weight excluding hydrogens is 211 g/mol. The van der Waals surface area contributed by atoms with Gasteiger partial charge < -0.3 is 10.5 Å². The van der Waals surface area contributed by atoms with E-state index < -0.39 is 35.0 Å². The zero-order chi connectivity index (χ0) is 11.6. The first-order valence-electron chi connectivity index (χ1n) is 3.95. The fourth-order valence-electron chi connectivity index (χ4n) is 1.10. The van der Waals surface area contributed by atoms with Crippen molar-refractivity contribution in [1.29, 1.82) is 0 Å². The van der Waals surface area contributed by atoms with Gasteiger partial charge in [-0.3, -0.25) is 4.79 Å². The first-order chi connectivity index (χ1) is 6.97. The van der Waals surface area contributed by atoms with Gasteiger partial charge in [0.15, 0.2) is 0 Å². The number of hydrogen-bond donors (Lipinski definition) is 1. The molecule has 15 heavy (non-hydrogen) atoms. The Morgan fingerprint density at radius 2 is 1.80 bits per heavy atom. The van der Waals surface area contributed by atoms with Gasteiger partial charge in [0, 0.05) is 12.1 Å². The van der Waals surface area contributed by atoms with Crippen LogP contribution in [0.5, 0.6) is 0 Å². The summed E-state index contributed by atoms with van der Waals surface area (Å²) >= 11 is 0. The number of carbonyl (C=O) groups excluding carboxylic acids is 1. The molecule has 0 bridgehead atoms. The zero-order valence-electron chi connectivity index (χ0n) is 7.76. The van der Waals surface area contributed by atoms with Crippen molar-refractivity contribution in [3.05, 3.63) is 35.1 Å². The maximum Gasteiger partial charge on any atom is 0.327 e. The van der Waals surface area contributed by atoms with Crippen molar-refractivity contribution in [2.24, 2.45) is 5.73 Å². The van der Waals surface area contributed by atoms with Crippen molar-refractivity contribution >= 4 is 5.97 Å². The molecule has 6 heteroatoms. The Hall–Kier alpha value is -1.56. The molecule has 0 fully saturated rings.